The summed E-state index contributed by atoms with van der Waals surface area (Å²) in [7, 11) is 0. The maximum Gasteiger partial charge on any atom is 0.125 e. The van der Waals surface area contributed by atoms with Crippen molar-refractivity contribution in [2.24, 2.45) is 0 Å². The molecule has 2 aromatic rings. The molecule has 0 aromatic heterocycles. The van der Waals surface area contributed by atoms with Crippen LogP contribution in [0.5, 0.6) is 11.5 Å². The topological polar surface area (TPSA) is 49.7 Å². The SMILES string of the molecule is Cc1cc(C(OC(C)C)c2cc(C)cc(C(C)(C)C)c2O)c(O)c(C(C)(C)C)c1. The van der Waals surface area contributed by atoms with E-state index in [0.717, 1.165) is 22.3 Å². The standard InChI is InChI=1S/C26H38O3/c1-15(2)29-24(18-11-16(3)13-20(22(18)27)25(5,6)7)19-12-17(4)14-21(23(19)28)26(8,9)10/h11-15,24,27-28H,1-10H3. The minimum atomic E-state index is -0.558. The first-order valence-corrected chi connectivity index (χ1v) is 10.5. The summed E-state index contributed by atoms with van der Waals surface area (Å²) in [5, 5.41) is 22.4. The normalized spacial score (nSPS) is 12.8. The number of ether oxygens (including phenoxy) is 1. The highest BCUT2D eigenvalue weighted by Crippen LogP contribution is 2.45. The lowest BCUT2D eigenvalue weighted by atomic mass is 9.81. The molecular formula is C26H38O3. The van der Waals surface area contributed by atoms with Gasteiger partial charge in [0, 0.05) is 11.1 Å². The zero-order valence-corrected chi connectivity index (χ0v) is 19.8. The third-order valence-electron chi connectivity index (χ3n) is 5.16. The molecule has 0 unspecified atom stereocenters. The van der Waals surface area contributed by atoms with Gasteiger partial charge in [0.25, 0.3) is 0 Å². The summed E-state index contributed by atoms with van der Waals surface area (Å²) in [6.45, 7) is 20.5. The Hall–Kier alpha value is -2.00. The second kappa shape index (κ2) is 8.02. The van der Waals surface area contributed by atoms with Gasteiger partial charge in [0.1, 0.15) is 17.6 Å². The van der Waals surface area contributed by atoms with Crippen molar-refractivity contribution in [3.63, 3.8) is 0 Å². The number of aromatic hydroxyl groups is 2. The first-order valence-electron chi connectivity index (χ1n) is 10.5. The van der Waals surface area contributed by atoms with E-state index in [9.17, 15) is 10.2 Å². The van der Waals surface area contributed by atoms with E-state index in [1.165, 1.54) is 0 Å². The van der Waals surface area contributed by atoms with Crippen LogP contribution in [0.2, 0.25) is 0 Å². The van der Waals surface area contributed by atoms with E-state index < -0.39 is 6.10 Å². The Morgan fingerprint density at radius 3 is 1.31 bits per heavy atom. The fraction of sp³-hybridized carbons (Fsp3) is 0.538. The summed E-state index contributed by atoms with van der Waals surface area (Å²) in [5.41, 5.74) is 4.86. The molecule has 0 saturated carbocycles. The lowest BCUT2D eigenvalue weighted by Crippen LogP contribution is -2.18. The number of hydrogen-bond donors (Lipinski definition) is 2. The Labute approximate surface area is 176 Å². The minimum Gasteiger partial charge on any atom is -0.507 e. The van der Waals surface area contributed by atoms with Crippen LogP contribution < -0.4 is 0 Å². The van der Waals surface area contributed by atoms with E-state index in [1.807, 2.05) is 52.0 Å². The van der Waals surface area contributed by atoms with Crippen molar-refractivity contribution in [1.29, 1.82) is 0 Å². The molecule has 29 heavy (non-hydrogen) atoms. The van der Waals surface area contributed by atoms with E-state index in [2.05, 4.69) is 41.5 Å². The summed E-state index contributed by atoms with van der Waals surface area (Å²) in [4.78, 5) is 0. The van der Waals surface area contributed by atoms with Crippen LogP contribution >= 0.6 is 0 Å². The van der Waals surface area contributed by atoms with Gasteiger partial charge in [0.05, 0.1) is 6.10 Å². The van der Waals surface area contributed by atoms with Gasteiger partial charge in [-0.3, -0.25) is 0 Å². The van der Waals surface area contributed by atoms with Crippen molar-refractivity contribution in [1.82, 2.24) is 0 Å². The summed E-state index contributed by atoms with van der Waals surface area (Å²) in [6, 6.07) is 8.00. The van der Waals surface area contributed by atoms with Crippen LogP contribution in [0.4, 0.5) is 0 Å². The molecule has 0 heterocycles. The van der Waals surface area contributed by atoms with Crippen LogP contribution in [0.3, 0.4) is 0 Å². The van der Waals surface area contributed by atoms with Gasteiger partial charge in [-0.25, -0.2) is 0 Å². The van der Waals surface area contributed by atoms with Crippen molar-refractivity contribution in [2.75, 3.05) is 0 Å². The minimum absolute atomic E-state index is 0.0732. The van der Waals surface area contributed by atoms with E-state index in [4.69, 9.17) is 4.74 Å². The smallest absolute Gasteiger partial charge is 0.125 e. The van der Waals surface area contributed by atoms with Crippen LogP contribution in [-0.4, -0.2) is 16.3 Å². The summed E-state index contributed by atoms with van der Waals surface area (Å²) < 4.78 is 6.31. The Morgan fingerprint density at radius 2 is 1.03 bits per heavy atom. The van der Waals surface area contributed by atoms with Gasteiger partial charge in [-0.2, -0.15) is 0 Å². The van der Waals surface area contributed by atoms with E-state index in [-0.39, 0.29) is 28.4 Å². The molecular weight excluding hydrogens is 360 g/mol. The van der Waals surface area contributed by atoms with Crippen LogP contribution in [0, 0.1) is 13.8 Å². The van der Waals surface area contributed by atoms with Gasteiger partial charge in [-0.1, -0.05) is 64.8 Å². The molecule has 0 aliphatic rings. The van der Waals surface area contributed by atoms with Gasteiger partial charge in [-0.15, -0.1) is 0 Å². The highest BCUT2D eigenvalue weighted by atomic mass is 16.5. The Balaban J connectivity index is 2.83. The average molecular weight is 399 g/mol. The molecule has 2 N–H and O–H groups in total. The molecule has 3 nitrogen and oxygen atoms in total. The fourth-order valence-electron chi connectivity index (χ4n) is 3.74. The molecule has 2 aromatic carbocycles. The Bertz CT molecular complexity index is 811. The summed E-state index contributed by atoms with van der Waals surface area (Å²) >= 11 is 0. The van der Waals surface area contributed by atoms with Crippen molar-refractivity contribution >= 4 is 0 Å². The first-order chi connectivity index (χ1) is 13.1. The van der Waals surface area contributed by atoms with Gasteiger partial charge >= 0.3 is 0 Å². The third-order valence-corrected chi connectivity index (χ3v) is 5.16. The molecule has 0 bridgehead atoms. The second-order valence-corrected chi connectivity index (χ2v) is 10.6. The highest BCUT2D eigenvalue weighted by Gasteiger charge is 2.30. The maximum atomic E-state index is 11.2. The molecule has 0 aliphatic heterocycles. The molecule has 0 fully saturated rings. The quantitative estimate of drug-likeness (QED) is 0.594. The molecule has 0 saturated heterocycles. The maximum absolute atomic E-state index is 11.2. The predicted molar refractivity (Wildman–Crippen MR) is 121 cm³/mol. The van der Waals surface area contributed by atoms with Crippen LogP contribution in [-0.2, 0) is 15.6 Å². The van der Waals surface area contributed by atoms with E-state index in [1.54, 1.807) is 0 Å². The Kier molecular flexibility index (Phi) is 6.44. The van der Waals surface area contributed by atoms with Crippen molar-refractivity contribution in [3.8, 4) is 11.5 Å². The van der Waals surface area contributed by atoms with Crippen LogP contribution in [0.15, 0.2) is 24.3 Å². The number of phenolic OH excluding ortho intramolecular Hbond substituents is 2. The summed E-state index contributed by atoms with van der Waals surface area (Å²) in [6.07, 6.45) is -0.631. The lowest BCUT2D eigenvalue weighted by molar-refractivity contribution is 0.0277. The number of phenols is 2. The fourth-order valence-corrected chi connectivity index (χ4v) is 3.74. The van der Waals surface area contributed by atoms with Crippen molar-refractivity contribution < 1.29 is 14.9 Å². The lowest BCUT2D eigenvalue weighted by Gasteiger charge is -2.30. The van der Waals surface area contributed by atoms with Crippen LogP contribution in [0.1, 0.15) is 94.9 Å². The third kappa shape index (κ3) is 5.14. The molecule has 0 amide bonds. The zero-order chi connectivity index (χ0) is 22.3. The zero-order valence-electron chi connectivity index (χ0n) is 19.8. The Morgan fingerprint density at radius 1 is 0.690 bits per heavy atom. The molecule has 3 heteroatoms. The van der Waals surface area contributed by atoms with E-state index >= 15 is 0 Å². The first kappa shape index (κ1) is 23.3. The highest BCUT2D eigenvalue weighted by molar-refractivity contribution is 5.55. The number of rotatable bonds is 4. The monoisotopic (exact) mass is 398 g/mol. The molecule has 0 spiro atoms. The largest absolute Gasteiger partial charge is 0.507 e. The molecule has 160 valence electrons. The van der Waals surface area contributed by atoms with Gasteiger partial charge in [0.15, 0.2) is 0 Å². The average Bonchev–Trinajstić information content (AvgIpc) is 2.54. The van der Waals surface area contributed by atoms with Crippen molar-refractivity contribution in [2.45, 2.75) is 92.3 Å². The number of benzene rings is 2. The van der Waals surface area contributed by atoms with Gasteiger partial charge in [0.2, 0.25) is 0 Å². The number of aryl methyl sites for hydroxylation is 2. The van der Waals surface area contributed by atoms with Gasteiger partial charge < -0.3 is 14.9 Å². The predicted octanol–water partition coefficient (Wildman–Crippen LogP) is 6.82. The summed E-state index contributed by atoms with van der Waals surface area (Å²) in [5.74, 6) is 0.485. The second-order valence-electron chi connectivity index (χ2n) is 10.6. The molecule has 2 rings (SSSR count). The number of hydrogen-bond acceptors (Lipinski definition) is 3. The molecule has 0 aliphatic carbocycles. The molecule has 0 atom stereocenters. The molecule has 0 radical (unpaired) electrons. The van der Waals surface area contributed by atoms with Gasteiger partial charge in [-0.05, 0) is 61.8 Å². The van der Waals surface area contributed by atoms with Crippen molar-refractivity contribution in [3.05, 3.63) is 57.6 Å². The van der Waals surface area contributed by atoms with Crippen LogP contribution in [0.25, 0.3) is 0 Å². The van der Waals surface area contributed by atoms with E-state index in [0.29, 0.717) is 11.1 Å².